The minimum Gasteiger partial charge on any atom is -0.349 e. The zero-order valence-electron chi connectivity index (χ0n) is 8.84. The predicted octanol–water partition coefficient (Wildman–Crippen LogP) is 3.31. The normalized spacial score (nSPS) is 18.6. The van der Waals surface area contributed by atoms with E-state index < -0.39 is 0 Å². The summed E-state index contributed by atoms with van der Waals surface area (Å²) in [5, 5.41) is 0. The van der Waals surface area contributed by atoms with Crippen molar-refractivity contribution in [3.63, 3.8) is 0 Å². The first-order valence-corrected chi connectivity index (χ1v) is 5.93. The van der Waals surface area contributed by atoms with Crippen molar-refractivity contribution in [2.45, 2.75) is 51.4 Å². The fraction of sp³-hybridized carbons (Fsp3) is 0.750. The Labute approximate surface area is 86.1 Å². The maximum Gasteiger partial charge on any atom is 0.105 e. The summed E-state index contributed by atoms with van der Waals surface area (Å²) in [5.74, 6) is 2.17. The second-order valence-electron chi connectivity index (χ2n) is 4.43. The minimum absolute atomic E-state index is 1.01. The number of aryl methyl sites for hydroxylation is 1. The van der Waals surface area contributed by atoms with E-state index in [1.165, 1.54) is 44.9 Å². The number of nitrogens with zero attached hydrogens (tertiary/aromatic N) is 1. The fourth-order valence-corrected chi connectivity index (χ4v) is 2.47. The molecule has 0 spiro atoms. The number of imidazole rings is 1. The molecule has 1 aromatic heterocycles. The summed E-state index contributed by atoms with van der Waals surface area (Å²) in [6.45, 7) is 0. The highest BCUT2D eigenvalue weighted by atomic mass is 14.9. The first kappa shape index (κ1) is 9.75. The summed E-state index contributed by atoms with van der Waals surface area (Å²) in [6, 6.07) is 0. The van der Waals surface area contributed by atoms with Crippen molar-refractivity contribution < 1.29 is 0 Å². The molecule has 1 aliphatic rings. The molecule has 2 rings (SSSR count). The highest BCUT2D eigenvalue weighted by Crippen LogP contribution is 2.27. The van der Waals surface area contributed by atoms with Crippen LogP contribution < -0.4 is 0 Å². The average molecular weight is 192 g/mol. The molecule has 0 bridgehead atoms. The van der Waals surface area contributed by atoms with Crippen molar-refractivity contribution >= 4 is 0 Å². The molecule has 0 unspecified atom stereocenters. The van der Waals surface area contributed by atoms with Crippen LogP contribution in [-0.2, 0) is 6.42 Å². The van der Waals surface area contributed by atoms with Gasteiger partial charge in [0.2, 0.25) is 0 Å². The highest BCUT2D eigenvalue weighted by molar-refractivity contribution is 4.86. The number of aromatic amines is 1. The van der Waals surface area contributed by atoms with Gasteiger partial charge in [-0.05, 0) is 12.3 Å². The quantitative estimate of drug-likeness (QED) is 0.779. The van der Waals surface area contributed by atoms with E-state index in [1.54, 1.807) is 0 Å². The van der Waals surface area contributed by atoms with E-state index in [2.05, 4.69) is 9.97 Å². The lowest BCUT2D eigenvalue weighted by Gasteiger charge is -2.20. The topological polar surface area (TPSA) is 28.7 Å². The van der Waals surface area contributed by atoms with Crippen molar-refractivity contribution in [2.24, 2.45) is 5.92 Å². The van der Waals surface area contributed by atoms with E-state index in [0.717, 1.165) is 18.2 Å². The van der Waals surface area contributed by atoms with Gasteiger partial charge < -0.3 is 4.98 Å². The molecule has 78 valence electrons. The number of H-pyrrole nitrogens is 1. The zero-order valence-corrected chi connectivity index (χ0v) is 8.84. The van der Waals surface area contributed by atoms with Crippen LogP contribution in [-0.4, -0.2) is 9.97 Å². The Morgan fingerprint density at radius 2 is 2.14 bits per heavy atom. The van der Waals surface area contributed by atoms with Crippen molar-refractivity contribution in [1.82, 2.24) is 9.97 Å². The zero-order chi connectivity index (χ0) is 9.64. The SMILES string of the molecule is c1c[nH]c(CCCC2CCCCC2)n1. The van der Waals surface area contributed by atoms with Crippen molar-refractivity contribution in [1.29, 1.82) is 0 Å². The third-order valence-corrected chi connectivity index (χ3v) is 3.31. The Balaban J connectivity index is 1.62. The summed E-state index contributed by atoms with van der Waals surface area (Å²) < 4.78 is 0. The van der Waals surface area contributed by atoms with Crippen molar-refractivity contribution in [3.05, 3.63) is 18.2 Å². The molecule has 0 amide bonds. The van der Waals surface area contributed by atoms with Crippen LogP contribution in [0.25, 0.3) is 0 Å². The largest absolute Gasteiger partial charge is 0.349 e. The van der Waals surface area contributed by atoms with Gasteiger partial charge in [0.25, 0.3) is 0 Å². The maximum absolute atomic E-state index is 4.24. The molecule has 1 aliphatic carbocycles. The smallest absolute Gasteiger partial charge is 0.105 e. The van der Waals surface area contributed by atoms with Gasteiger partial charge in [-0.2, -0.15) is 0 Å². The Bertz CT molecular complexity index is 235. The van der Waals surface area contributed by atoms with Crippen molar-refractivity contribution in [2.75, 3.05) is 0 Å². The first-order chi connectivity index (χ1) is 6.95. The molecule has 1 heterocycles. The molecule has 0 radical (unpaired) electrons. The average Bonchev–Trinajstić information content (AvgIpc) is 2.72. The molecule has 1 aromatic rings. The highest BCUT2D eigenvalue weighted by Gasteiger charge is 2.12. The minimum atomic E-state index is 1.01. The van der Waals surface area contributed by atoms with Gasteiger partial charge in [-0.25, -0.2) is 4.98 Å². The van der Waals surface area contributed by atoms with Crippen LogP contribution in [0.3, 0.4) is 0 Å². The maximum atomic E-state index is 4.24. The van der Waals surface area contributed by atoms with Gasteiger partial charge in [-0.3, -0.25) is 0 Å². The third-order valence-electron chi connectivity index (χ3n) is 3.31. The van der Waals surface area contributed by atoms with Gasteiger partial charge in [0.15, 0.2) is 0 Å². The van der Waals surface area contributed by atoms with Crippen LogP contribution in [0.5, 0.6) is 0 Å². The molecule has 2 heteroatoms. The fourth-order valence-electron chi connectivity index (χ4n) is 2.47. The van der Waals surface area contributed by atoms with E-state index in [1.807, 2.05) is 12.4 Å². The molecule has 14 heavy (non-hydrogen) atoms. The number of hydrogen-bond acceptors (Lipinski definition) is 1. The summed E-state index contributed by atoms with van der Waals surface area (Å²) in [7, 11) is 0. The first-order valence-electron chi connectivity index (χ1n) is 5.93. The van der Waals surface area contributed by atoms with Gasteiger partial charge in [0.05, 0.1) is 0 Å². The third kappa shape index (κ3) is 2.86. The molecular formula is C12H20N2. The lowest BCUT2D eigenvalue weighted by molar-refractivity contribution is 0.332. The summed E-state index contributed by atoms with van der Waals surface area (Å²) in [6.07, 6.45) is 14.9. The van der Waals surface area contributed by atoms with Crippen LogP contribution in [0, 0.1) is 5.92 Å². The van der Waals surface area contributed by atoms with E-state index in [4.69, 9.17) is 0 Å². The van der Waals surface area contributed by atoms with Gasteiger partial charge in [0, 0.05) is 18.8 Å². The molecule has 0 atom stereocenters. The molecule has 0 saturated heterocycles. The molecule has 0 aliphatic heterocycles. The Kier molecular flexibility index (Phi) is 3.61. The van der Waals surface area contributed by atoms with E-state index >= 15 is 0 Å². The van der Waals surface area contributed by atoms with Crippen LogP contribution >= 0.6 is 0 Å². The Hall–Kier alpha value is -0.790. The number of rotatable bonds is 4. The van der Waals surface area contributed by atoms with E-state index in [-0.39, 0.29) is 0 Å². The van der Waals surface area contributed by atoms with E-state index in [9.17, 15) is 0 Å². The number of aromatic nitrogens is 2. The molecule has 0 aromatic carbocycles. The van der Waals surface area contributed by atoms with Gasteiger partial charge >= 0.3 is 0 Å². The molecular weight excluding hydrogens is 172 g/mol. The molecule has 2 nitrogen and oxygen atoms in total. The lowest BCUT2D eigenvalue weighted by atomic mass is 9.86. The monoisotopic (exact) mass is 192 g/mol. The van der Waals surface area contributed by atoms with Crippen LogP contribution in [0.15, 0.2) is 12.4 Å². The molecule has 1 saturated carbocycles. The summed E-state index contributed by atoms with van der Waals surface area (Å²) in [4.78, 5) is 7.41. The molecule has 1 fully saturated rings. The lowest BCUT2D eigenvalue weighted by Crippen LogP contribution is -2.06. The van der Waals surface area contributed by atoms with Gasteiger partial charge in [-0.15, -0.1) is 0 Å². The van der Waals surface area contributed by atoms with E-state index in [0.29, 0.717) is 0 Å². The van der Waals surface area contributed by atoms with Gasteiger partial charge in [0.1, 0.15) is 5.82 Å². The molecule has 1 N–H and O–H groups in total. The van der Waals surface area contributed by atoms with Crippen LogP contribution in [0.1, 0.15) is 50.8 Å². The van der Waals surface area contributed by atoms with Crippen LogP contribution in [0.2, 0.25) is 0 Å². The van der Waals surface area contributed by atoms with Crippen molar-refractivity contribution in [3.8, 4) is 0 Å². The standard InChI is InChI=1S/C12H20N2/c1-2-5-11(6-3-1)7-4-8-12-13-9-10-14-12/h9-11H,1-8H2,(H,13,14). The van der Waals surface area contributed by atoms with Gasteiger partial charge in [-0.1, -0.05) is 38.5 Å². The Morgan fingerprint density at radius 1 is 1.29 bits per heavy atom. The summed E-state index contributed by atoms with van der Waals surface area (Å²) in [5.41, 5.74) is 0. The predicted molar refractivity (Wildman–Crippen MR) is 58.1 cm³/mol. The van der Waals surface area contributed by atoms with Crippen LogP contribution in [0.4, 0.5) is 0 Å². The second-order valence-corrected chi connectivity index (χ2v) is 4.43. The summed E-state index contributed by atoms with van der Waals surface area (Å²) >= 11 is 0. The number of nitrogens with one attached hydrogen (secondary N) is 1. The number of hydrogen-bond donors (Lipinski definition) is 1. The second kappa shape index (κ2) is 5.18. The Morgan fingerprint density at radius 3 is 2.86 bits per heavy atom.